The average Bonchev–Trinajstić information content (AvgIpc) is 2.42. The third kappa shape index (κ3) is 4.65. The first-order valence-electron chi connectivity index (χ1n) is 9.50. The molecule has 0 saturated carbocycles. The number of hydrogen-bond donors (Lipinski definition) is 1. The summed E-state index contributed by atoms with van der Waals surface area (Å²) in [4.78, 5) is 12.2. The molecule has 0 fully saturated rings. The minimum Gasteiger partial charge on any atom is -0.481 e. The molecule has 25 heavy (non-hydrogen) atoms. The van der Waals surface area contributed by atoms with Crippen molar-refractivity contribution in [1.29, 1.82) is 0 Å². The summed E-state index contributed by atoms with van der Waals surface area (Å²) in [6.07, 6.45) is 1.05. The van der Waals surface area contributed by atoms with Crippen LogP contribution in [0.15, 0.2) is 30.3 Å². The Morgan fingerprint density at radius 3 is 1.76 bits per heavy atom. The molecule has 0 aliphatic heterocycles. The van der Waals surface area contributed by atoms with Gasteiger partial charge in [-0.2, -0.15) is 0 Å². The van der Waals surface area contributed by atoms with E-state index in [1.165, 1.54) is 5.56 Å². The van der Waals surface area contributed by atoms with E-state index in [0.29, 0.717) is 11.8 Å². The molecule has 1 aromatic carbocycles. The van der Waals surface area contributed by atoms with Crippen LogP contribution in [0.4, 0.5) is 0 Å². The van der Waals surface area contributed by atoms with Gasteiger partial charge >= 0.3 is 5.97 Å². The molecule has 1 aromatic rings. The Bertz CT molecular complexity index is 562. The van der Waals surface area contributed by atoms with Crippen LogP contribution in [0.1, 0.15) is 80.2 Å². The number of aliphatic carboxylic acids is 1. The lowest BCUT2D eigenvalue weighted by atomic mass is 9.50. The van der Waals surface area contributed by atoms with E-state index in [9.17, 15) is 9.90 Å². The number of hydrogen-bond acceptors (Lipinski definition) is 1. The van der Waals surface area contributed by atoms with Gasteiger partial charge in [-0.05, 0) is 40.1 Å². The number of carboxylic acid groups (broad SMARTS) is 1. The molecule has 2 nitrogen and oxygen atoms in total. The van der Waals surface area contributed by atoms with E-state index in [4.69, 9.17) is 0 Å². The Kier molecular flexibility index (Phi) is 6.53. The topological polar surface area (TPSA) is 37.3 Å². The molecule has 0 aliphatic carbocycles. The molecule has 2 atom stereocenters. The Hall–Kier alpha value is -1.31. The van der Waals surface area contributed by atoms with Crippen LogP contribution in [0.25, 0.3) is 0 Å². The first-order valence-corrected chi connectivity index (χ1v) is 9.50. The van der Waals surface area contributed by atoms with Crippen LogP contribution in [0.2, 0.25) is 0 Å². The SMILES string of the molecule is CC(C)CC(c1ccccc1)C(C)(C)C(C)(C)C(C(=O)O)C(C)(C)C. The van der Waals surface area contributed by atoms with Crippen molar-refractivity contribution >= 4 is 5.97 Å². The predicted octanol–water partition coefficient (Wildman–Crippen LogP) is 6.62. The summed E-state index contributed by atoms with van der Waals surface area (Å²) >= 11 is 0. The minimum atomic E-state index is -0.693. The summed E-state index contributed by atoms with van der Waals surface area (Å²) in [6.45, 7) is 19.4. The Morgan fingerprint density at radius 1 is 0.920 bits per heavy atom. The van der Waals surface area contributed by atoms with Crippen LogP contribution in [-0.2, 0) is 4.79 Å². The third-order valence-electron chi connectivity index (χ3n) is 6.28. The summed E-state index contributed by atoms with van der Waals surface area (Å²) in [5.41, 5.74) is 0.472. The molecule has 142 valence electrons. The van der Waals surface area contributed by atoms with E-state index in [1.54, 1.807) is 0 Å². The van der Waals surface area contributed by atoms with E-state index in [-0.39, 0.29) is 16.2 Å². The normalized spacial score (nSPS) is 15.9. The zero-order valence-electron chi connectivity index (χ0n) is 17.7. The fourth-order valence-corrected chi connectivity index (χ4v) is 4.59. The van der Waals surface area contributed by atoms with E-state index >= 15 is 0 Å². The second-order valence-electron chi connectivity index (χ2n) is 10.2. The number of carbonyl (C=O) groups is 1. The molecular formula is C23H38O2. The van der Waals surface area contributed by atoms with Gasteiger partial charge in [0.2, 0.25) is 0 Å². The van der Waals surface area contributed by atoms with Crippen LogP contribution < -0.4 is 0 Å². The first kappa shape index (κ1) is 21.7. The van der Waals surface area contributed by atoms with Crippen LogP contribution in [-0.4, -0.2) is 11.1 Å². The van der Waals surface area contributed by atoms with E-state index < -0.39 is 11.9 Å². The number of rotatable bonds is 7. The van der Waals surface area contributed by atoms with Crippen molar-refractivity contribution in [1.82, 2.24) is 0 Å². The lowest BCUT2D eigenvalue weighted by Crippen LogP contribution is -2.50. The van der Waals surface area contributed by atoms with Gasteiger partial charge < -0.3 is 5.11 Å². The highest BCUT2D eigenvalue weighted by atomic mass is 16.4. The Balaban J connectivity index is 3.47. The van der Waals surface area contributed by atoms with Gasteiger partial charge in [0.1, 0.15) is 0 Å². The molecule has 2 unspecified atom stereocenters. The quantitative estimate of drug-likeness (QED) is 0.602. The van der Waals surface area contributed by atoms with Crippen LogP contribution in [0, 0.1) is 28.1 Å². The minimum absolute atomic E-state index is 0.172. The maximum atomic E-state index is 12.2. The van der Waals surface area contributed by atoms with E-state index in [1.807, 2.05) is 26.8 Å². The maximum absolute atomic E-state index is 12.2. The summed E-state index contributed by atoms with van der Waals surface area (Å²) in [5, 5.41) is 10.0. The Labute approximate surface area is 155 Å². The lowest BCUT2D eigenvalue weighted by Gasteiger charge is -2.53. The van der Waals surface area contributed by atoms with Gasteiger partial charge in [-0.1, -0.05) is 92.6 Å². The summed E-state index contributed by atoms with van der Waals surface area (Å²) in [5.74, 6) is -0.249. The predicted molar refractivity (Wildman–Crippen MR) is 107 cm³/mol. The largest absolute Gasteiger partial charge is 0.481 e. The molecule has 0 spiro atoms. The van der Waals surface area contributed by atoms with Crippen molar-refractivity contribution in [3.05, 3.63) is 35.9 Å². The fourth-order valence-electron chi connectivity index (χ4n) is 4.59. The molecule has 0 saturated heterocycles. The van der Waals surface area contributed by atoms with Gasteiger partial charge in [0.25, 0.3) is 0 Å². The second kappa shape index (κ2) is 7.51. The number of carboxylic acids is 1. The van der Waals surface area contributed by atoms with Crippen molar-refractivity contribution in [2.45, 2.75) is 74.7 Å². The Morgan fingerprint density at radius 2 is 1.40 bits per heavy atom. The van der Waals surface area contributed by atoms with Crippen LogP contribution in [0.5, 0.6) is 0 Å². The van der Waals surface area contributed by atoms with Gasteiger partial charge in [0.15, 0.2) is 0 Å². The lowest BCUT2D eigenvalue weighted by molar-refractivity contribution is -0.158. The van der Waals surface area contributed by atoms with Gasteiger partial charge in [-0.15, -0.1) is 0 Å². The van der Waals surface area contributed by atoms with Gasteiger partial charge in [0.05, 0.1) is 5.92 Å². The van der Waals surface area contributed by atoms with E-state index in [2.05, 4.69) is 65.8 Å². The molecule has 0 aromatic heterocycles. The monoisotopic (exact) mass is 346 g/mol. The smallest absolute Gasteiger partial charge is 0.307 e. The van der Waals surface area contributed by atoms with Gasteiger partial charge in [0, 0.05) is 0 Å². The maximum Gasteiger partial charge on any atom is 0.307 e. The van der Waals surface area contributed by atoms with E-state index in [0.717, 1.165) is 6.42 Å². The van der Waals surface area contributed by atoms with Crippen LogP contribution >= 0.6 is 0 Å². The highest BCUT2D eigenvalue weighted by Crippen LogP contribution is 2.58. The van der Waals surface area contributed by atoms with Crippen molar-refractivity contribution < 1.29 is 9.90 Å². The highest BCUT2D eigenvalue weighted by molar-refractivity contribution is 5.72. The fraction of sp³-hybridized carbons (Fsp3) is 0.696. The van der Waals surface area contributed by atoms with Crippen molar-refractivity contribution in [2.75, 3.05) is 0 Å². The average molecular weight is 347 g/mol. The molecular weight excluding hydrogens is 308 g/mol. The highest BCUT2D eigenvalue weighted by Gasteiger charge is 2.53. The molecule has 1 rings (SSSR count). The third-order valence-corrected chi connectivity index (χ3v) is 6.28. The van der Waals surface area contributed by atoms with Crippen LogP contribution in [0.3, 0.4) is 0 Å². The molecule has 0 amide bonds. The van der Waals surface area contributed by atoms with Gasteiger partial charge in [-0.3, -0.25) is 4.79 Å². The van der Waals surface area contributed by atoms with Crippen molar-refractivity contribution in [3.63, 3.8) is 0 Å². The molecule has 0 bridgehead atoms. The molecule has 0 radical (unpaired) electrons. The van der Waals surface area contributed by atoms with Crippen molar-refractivity contribution in [2.24, 2.45) is 28.1 Å². The zero-order valence-corrected chi connectivity index (χ0v) is 17.7. The summed E-state index contributed by atoms with van der Waals surface area (Å²) in [7, 11) is 0. The summed E-state index contributed by atoms with van der Waals surface area (Å²) in [6, 6.07) is 10.6. The number of benzene rings is 1. The molecule has 1 N–H and O–H groups in total. The first-order chi connectivity index (χ1) is 11.2. The zero-order chi connectivity index (χ0) is 19.6. The molecule has 0 aliphatic rings. The van der Waals surface area contributed by atoms with Gasteiger partial charge in [-0.25, -0.2) is 0 Å². The molecule has 2 heteroatoms. The van der Waals surface area contributed by atoms with Crippen molar-refractivity contribution in [3.8, 4) is 0 Å². The second-order valence-corrected chi connectivity index (χ2v) is 10.2. The summed E-state index contributed by atoms with van der Waals surface area (Å²) < 4.78 is 0. The molecule has 0 heterocycles. The standard InChI is InChI=1S/C23H38O2/c1-16(2)15-18(17-13-11-10-12-14-17)22(6,7)23(8,9)19(20(24)25)21(3,4)5/h10-14,16,18-19H,15H2,1-9H3,(H,24,25).